The van der Waals surface area contributed by atoms with E-state index in [-0.39, 0.29) is 37.9 Å². The molecule has 3 aliphatic heterocycles. The first-order chi connectivity index (χ1) is 21.5. The number of carbonyl (C=O) groups is 4. The fourth-order valence-electron chi connectivity index (χ4n) is 7.24. The van der Waals surface area contributed by atoms with E-state index in [0.29, 0.717) is 36.4 Å². The lowest BCUT2D eigenvalue weighted by Gasteiger charge is -2.41. The molecule has 2 N–H and O–H groups in total. The number of aryl methyl sites for hydroxylation is 1. The molecular formula is C34H46ClN3O7. The maximum atomic E-state index is 14.8. The lowest BCUT2D eigenvalue weighted by atomic mass is 9.70. The number of nitrogens with one attached hydrogen (secondary N) is 1. The van der Waals surface area contributed by atoms with E-state index in [1.807, 2.05) is 26.8 Å². The Morgan fingerprint density at radius 2 is 2.02 bits per heavy atom. The van der Waals surface area contributed by atoms with Gasteiger partial charge in [0.25, 0.3) is 5.91 Å². The highest BCUT2D eigenvalue weighted by atomic mass is 35.5. The van der Waals surface area contributed by atoms with E-state index in [1.165, 1.54) is 9.80 Å². The van der Waals surface area contributed by atoms with Crippen LogP contribution in [0, 0.1) is 24.7 Å². The zero-order chi connectivity index (χ0) is 33.1. The van der Waals surface area contributed by atoms with Crippen molar-refractivity contribution >= 4 is 41.0 Å². The van der Waals surface area contributed by atoms with E-state index in [4.69, 9.17) is 21.1 Å². The van der Waals surface area contributed by atoms with Crippen LogP contribution < -0.4 is 10.2 Å². The van der Waals surface area contributed by atoms with Gasteiger partial charge in [-0.05, 0) is 50.7 Å². The van der Waals surface area contributed by atoms with Gasteiger partial charge >= 0.3 is 5.97 Å². The van der Waals surface area contributed by atoms with Gasteiger partial charge < -0.3 is 29.7 Å². The van der Waals surface area contributed by atoms with Crippen molar-refractivity contribution in [3.8, 4) is 0 Å². The van der Waals surface area contributed by atoms with E-state index in [2.05, 4.69) is 18.5 Å². The number of para-hydroxylation sites is 1. The van der Waals surface area contributed by atoms with Crippen molar-refractivity contribution in [2.24, 2.45) is 17.8 Å². The van der Waals surface area contributed by atoms with Crippen LogP contribution in [0.15, 0.2) is 43.5 Å². The SMILES string of the molecule is C=CCCC(=O)NC[C@@H](C)OC(=O)[C@@H]1[C@H]2C(=O)N([C@@H](CO)[C@@H](C)CC)[C@H](C(=O)N(CC=C)c3c(C)cccc3Cl)[C@]23CC[C@H]1O3. The molecule has 4 rings (SSSR count). The summed E-state index contributed by atoms with van der Waals surface area (Å²) in [6.45, 7) is 14.8. The Morgan fingerprint density at radius 1 is 1.29 bits per heavy atom. The summed E-state index contributed by atoms with van der Waals surface area (Å²) < 4.78 is 12.3. The predicted molar refractivity (Wildman–Crippen MR) is 172 cm³/mol. The lowest BCUT2D eigenvalue weighted by Crippen LogP contribution is -2.60. The first-order valence-corrected chi connectivity index (χ1v) is 16.2. The molecule has 0 aliphatic carbocycles. The van der Waals surface area contributed by atoms with Crippen molar-refractivity contribution in [1.29, 1.82) is 0 Å². The number of anilines is 1. The molecule has 3 heterocycles. The summed E-state index contributed by atoms with van der Waals surface area (Å²) in [6, 6.07) is 3.56. The highest BCUT2D eigenvalue weighted by Gasteiger charge is 2.76. The molecule has 11 heteroatoms. The number of carbonyl (C=O) groups excluding carboxylic acids is 4. The molecular weight excluding hydrogens is 598 g/mol. The Bertz CT molecular complexity index is 1300. The summed E-state index contributed by atoms with van der Waals surface area (Å²) in [5.74, 6) is -3.65. The van der Waals surface area contributed by atoms with Gasteiger partial charge in [0.1, 0.15) is 17.7 Å². The minimum Gasteiger partial charge on any atom is -0.460 e. The van der Waals surface area contributed by atoms with Gasteiger partial charge in [0.05, 0.1) is 47.8 Å². The minimum absolute atomic E-state index is 0.116. The lowest BCUT2D eigenvalue weighted by molar-refractivity contribution is -0.160. The highest BCUT2D eigenvalue weighted by Crippen LogP contribution is 2.59. The number of allylic oxidation sites excluding steroid dienone is 1. The van der Waals surface area contributed by atoms with Crippen molar-refractivity contribution < 1.29 is 33.8 Å². The van der Waals surface area contributed by atoms with E-state index < -0.39 is 59.5 Å². The fourth-order valence-corrected chi connectivity index (χ4v) is 7.56. The first kappa shape index (κ1) is 34.7. The van der Waals surface area contributed by atoms with Crippen molar-refractivity contribution in [3.05, 3.63) is 54.1 Å². The number of benzene rings is 1. The number of amides is 3. The number of rotatable bonds is 15. The molecule has 1 spiro atoms. The van der Waals surface area contributed by atoms with Crippen LogP contribution in [0.5, 0.6) is 0 Å². The molecule has 1 aromatic carbocycles. The Morgan fingerprint density at radius 3 is 2.64 bits per heavy atom. The Kier molecular flexibility index (Phi) is 11.2. The maximum absolute atomic E-state index is 14.8. The number of halogens is 1. The highest BCUT2D eigenvalue weighted by molar-refractivity contribution is 6.34. The normalized spacial score (nSPS) is 27.0. The van der Waals surface area contributed by atoms with Crippen LogP contribution in [-0.2, 0) is 28.7 Å². The molecule has 45 heavy (non-hydrogen) atoms. The number of likely N-dealkylation sites (tertiary alicyclic amines) is 1. The second-order valence-electron chi connectivity index (χ2n) is 12.5. The first-order valence-electron chi connectivity index (χ1n) is 15.8. The van der Waals surface area contributed by atoms with E-state index in [0.717, 1.165) is 5.56 Å². The summed E-state index contributed by atoms with van der Waals surface area (Å²) in [7, 11) is 0. The zero-order valence-electron chi connectivity index (χ0n) is 26.7. The van der Waals surface area contributed by atoms with Crippen molar-refractivity contribution in [1.82, 2.24) is 10.2 Å². The second kappa shape index (κ2) is 14.5. The number of aliphatic hydroxyl groups is 1. The topological polar surface area (TPSA) is 125 Å². The van der Waals surface area contributed by atoms with E-state index in [9.17, 15) is 24.3 Å². The molecule has 3 amide bonds. The summed E-state index contributed by atoms with van der Waals surface area (Å²) in [5, 5.41) is 13.7. The fraction of sp³-hybridized carbons (Fsp3) is 0.588. The monoisotopic (exact) mass is 643 g/mol. The van der Waals surface area contributed by atoms with E-state index >= 15 is 0 Å². The van der Waals surface area contributed by atoms with Crippen molar-refractivity contribution in [3.63, 3.8) is 0 Å². The van der Waals surface area contributed by atoms with Gasteiger partial charge in [-0.3, -0.25) is 19.2 Å². The third-order valence-corrected chi connectivity index (χ3v) is 9.91. The van der Waals surface area contributed by atoms with Gasteiger partial charge in [0.2, 0.25) is 11.8 Å². The minimum atomic E-state index is -1.29. The third kappa shape index (κ3) is 6.42. The third-order valence-electron chi connectivity index (χ3n) is 9.60. The molecule has 8 atom stereocenters. The Labute approximate surface area is 270 Å². The number of ether oxygens (including phenoxy) is 2. The molecule has 246 valence electrons. The number of esters is 1. The second-order valence-corrected chi connectivity index (χ2v) is 12.9. The largest absolute Gasteiger partial charge is 0.460 e. The average Bonchev–Trinajstić information content (AvgIpc) is 3.66. The van der Waals surface area contributed by atoms with Crippen LogP contribution in [0.3, 0.4) is 0 Å². The molecule has 0 unspecified atom stereocenters. The van der Waals surface area contributed by atoms with Crippen LogP contribution in [0.25, 0.3) is 0 Å². The molecule has 10 nitrogen and oxygen atoms in total. The van der Waals surface area contributed by atoms with Gasteiger partial charge in [-0.1, -0.05) is 56.2 Å². The molecule has 0 radical (unpaired) electrons. The van der Waals surface area contributed by atoms with Crippen LogP contribution in [-0.4, -0.2) is 83.3 Å². The summed E-state index contributed by atoms with van der Waals surface area (Å²) >= 11 is 6.64. The van der Waals surface area contributed by atoms with Crippen LogP contribution in [0.2, 0.25) is 5.02 Å². The van der Waals surface area contributed by atoms with Gasteiger partial charge in [-0.25, -0.2) is 0 Å². The summed E-state index contributed by atoms with van der Waals surface area (Å²) in [5.41, 5.74) is -0.0140. The number of fused-ring (bicyclic) bond motifs is 1. The van der Waals surface area contributed by atoms with Crippen molar-refractivity contribution in [2.45, 2.75) is 89.7 Å². The van der Waals surface area contributed by atoms with Gasteiger partial charge in [-0.15, -0.1) is 13.2 Å². The molecule has 0 saturated carbocycles. The van der Waals surface area contributed by atoms with Crippen LogP contribution in [0.1, 0.15) is 58.4 Å². The summed E-state index contributed by atoms with van der Waals surface area (Å²) in [6.07, 6.45) is 4.32. The Balaban J connectivity index is 1.71. The molecule has 2 bridgehead atoms. The molecule has 0 aromatic heterocycles. The maximum Gasteiger partial charge on any atom is 0.312 e. The average molecular weight is 644 g/mol. The number of hydrogen-bond donors (Lipinski definition) is 2. The number of aliphatic hydroxyl groups excluding tert-OH is 1. The van der Waals surface area contributed by atoms with Crippen LogP contribution in [0.4, 0.5) is 5.69 Å². The van der Waals surface area contributed by atoms with Crippen molar-refractivity contribution in [2.75, 3.05) is 24.6 Å². The van der Waals surface area contributed by atoms with Gasteiger partial charge in [-0.2, -0.15) is 0 Å². The van der Waals surface area contributed by atoms with Gasteiger partial charge in [0, 0.05) is 13.0 Å². The van der Waals surface area contributed by atoms with Gasteiger partial charge in [0.15, 0.2) is 0 Å². The predicted octanol–water partition coefficient (Wildman–Crippen LogP) is 3.96. The Hall–Kier alpha value is -3.21. The number of nitrogens with zero attached hydrogens (tertiary/aromatic N) is 2. The quantitative estimate of drug-likeness (QED) is 0.219. The van der Waals surface area contributed by atoms with E-state index in [1.54, 1.807) is 31.2 Å². The molecule has 3 fully saturated rings. The number of hydrogen-bond acceptors (Lipinski definition) is 7. The molecule has 3 saturated heterocycles. The standard InChI is InChI=1S/C34H46ClN3O7/c1-7-10-14-26(40)36-18-22(6)44-33(43)27-25-15-16-34(45-25)28(27)31(41)38(24(19-39)20(4)9-3)30(34)32(42)37(17-8-2)29-21(5)12-11-13-23(29)35/h7-8,11-13,20,22,24-25,27-28,30,39H,1-2,9-10,14-19H2,3-6H3,(H,36,40)/t20-,22+,24-,25+,27-,28-,30+,34-/m0/s1. The smallest absolute Gasteiger partial charge is 0.312 e. The molecule has 3 aliphatic rings. The summed E-state index contributed by atoms with van der Waals surface area (Å²) in [4.78, 5) is 58.1. The molecule has 1 aromatic rings. The van der Waals surface area contributed by atoms with Crippen LogP contribution >= 0.6 is 11.6 Å². The zero-order valence-corrected chi connectivity index (χ0v) is 27.4.